The van der Waals surface area contributed by atoms with E-state index in [0.717, 1.165) is 18.4 Å². The molecule has 0 aliphatic heterocycles. The number of benzene rings is 2. The first-order valence-corrected chi connectivity index (χ1v) is 6.36. The fourth-order valence-electron chi connectivity index (χ4n) is 2.07. The summed E-state index contributed by atoms with van der Waals surface area (Å²) in [5.74, 6) is -0.0571. The van der Waals surface area contributed by atoms with Crippen molar-refractivity contribution in [3.8, 4) is 6.07 Å². The molecule has 1 atom stereocenters. The summed E-state index contributed by atoms with van der Waals surface area (Å²) >= 11 is 0. The summed E-state index contributed by atoms with van der Waals surface area (Å²) in [5, 5.41) is 9.32. The van der Waals surface area contributed by atoms with Crippen molar-refractivity contribution in [1.82, 2.24) is 0 Å². The minimum absolute atomic E-state index is 0.0571. The minimum Gasteiger partial charge on any atom is -0.198 e. The average Bonchev–Trinajstić information content (AvgIpc) is 2.46. The summed E-state index contributed by atoms with van der Waals surface area (Å²) in [6, 6.07) is 21.0. The summed E-state index contributed by atoms with van der Waals surface area (Å²) in [4.78, 5) is 0. The molecule has 90 valence electrons. The molecule has 0 heterocycles. The quantitative estimate of drug-likeness (QED) is 0.782. The maximum atomic E-state index is 9.32. The van der Waals surface area contributed by atoms with Crippen molar-refractivity contribution in [3.63, 3.8) is 0 Å². The van der Waals surface area contributed by atoms with Crippen LogP contribution < -0.4 is 0 Å². The Morgan fingerprint density at radius 2 is 1.61 bits per heavy atom. The SMILES string of the molecule is CCc1ccc(C(C#N)Cc2ccccc2)cc1. The summed E-state index contributed by atoms with van der Waals surface area (Å²) in [5.41, 5.74) is 3.64. The van der Waals surface area contributed by atoms with E-state index >= 15 is 0 Å². The Morgan fingerprint density at radius 3 is 2.17 bits per heavy atom. The molecular weight excluding hydrogens is 218 g/mol. The molecule has 0 aromatic heterocycles. The molecule has 2 aromatic rings. The largest absolute Gasteiger partial charge is 0.198 e. The third-order valence-corrected chi connectivity index (χ3v) is 3.23. The Hall–Kier alpha value is -2.07. The normalized spacial score (nSPS) is 11.8. The topological polar surface area (TPSA) is 23.8 Å². The number of hydrogen-bond acceptors (Lipinski definition) is 1. The molecule has 0 saturated heterocycles. The van der Waals surface area contributed by atoms with Crippen molar-refractivity contribution in [2.24, 2.45) is 0 Å². The lowest BCUT2D eigenvalue weighted by atomic mass is 9.92. The first-order chi connectivity index (χ1) is 8.83. The lowest BCUT2D eigenvalue weighted by Gasteiger charge is -2.10. The third kappa shape index (κ3) is 2.99. The first kappa shape index (κ1) is 12.4. The Morgan fingerprint density at radius 1 is 0.944 bits per heavy atom. The molecule has 0 saturated carbocycles. The number of nitriles is 1. The van der Waals surface area contributed by atoms with E-state index in [1.807, 2.05) is 18.2 Å². The Kier molecular flexibility index (Phi) is 4.15. The number of nitrogens with zero attached hydrogens (tertiary/aromatic N) is 1. The van der Waals surface area contributed by atoms with Crippen molar-refractivity contribution < 1.29 is 0 Å². The monoisotopic (exact) mass is 235 g/mol. The molecule has 1 unspecified atom stereocenters. The third-order valence-electron chi connectivity index (χ3n) is 3.23. The predicted molar refractivity (Wildman–Crippen MR) is 74.3 cm³/mol. The van der Waals surface area contributed by atoms with Crippen molar-refractivity contribution in [3.05, 3.63) is 71.3 Å². The van der Waals surface area contributed by atoms with Gasteiger partial charge in [-0.15, -0.1) is 0 Å². The van der Waals surface area contributed by atoms with Crippen molar-refractivity contribution in [2.45, 2.75) is 25.7 Å². The highest BCUT2D eigenvalue weighted by atomic mass is 14.3. The van der Waals surface area contributed by atoms with Gasteiger partial charge in [0.2, 0.25) is 0 Å². The van der Waals surface area contributed by atoms with Crippen molar-refractivity contribution in [1.29, 1.82) is 5.26 Å². The molecule has 0 fully saturated rings. The second-order valence-electron chi connectivity index (χ2n) is 4.47. The molecule has 0 bridgehead atoms. The molecule has 0 aliphatic carbocycles. The fraction of sp³-hybridized carbons (Fsp3) is 0.235. The van der Waals surface area contributed by atoms with E-state index in [-0.39, 0.29) is 5.92 Å². The molecule has 18 heavy (non-hydrogen) atoms. The van der Waals surface area contributed by atoms with Gasteiger partial charge in [0, 0.05) is 0 Å². The first-order valence-electron chi connectivity index (χ1n) is 6.36. The van der Waals surface area contributed by atoms with E-state index in [9.17, 15) is 5.26 Å². The second-order valence-corrected chi connectivity index (χ2v) is 4.47. The van der Waals surface area contributed by atoms with Crippen LogP contribution in [0.3, 0.4) is 0 Å². The molecule has 0 spiro atoms. The summed E-state index contributed by atoms with van der Waals surface area (Å²) < 4.78 is 0. The van der Waals surface area contributed by atoms with Gasteiger partial charge in [-0.2, -0.15) is 5.26 Å². The molecule has 2 aromatic carbocycles. The van der Waals surface area contributed by atoms with E-state index in [1.54, 1.807) is 0 Å². The fourth-order valence-corrected chi connectivity index (χ4v) is 2.07. The lowest BCUT2D eigenvalue weighted by Crippen LogP contribution is -2.00. The smallest absolute Gasteiger partial charge is 0.0753 e. The summed E-state index contributed by atoms with van der Waals surface area (Å²) in [6.45, 7) is 2.14. The molecule has 0 radical (unpaired) electrons. The number of aryl methyl sites for hydroxylation is 1. The Balaban J connectivity index is 2.16. The molecular formula is C17H17N. The van der Waals surface area contributed by atoms with Crippen LogP contribution in [0.25, 0.3) is 0 Å². The van der Waals surface area contributed by atoms with Crippen LogP contribution in [0.15, 0.2) is 54.6 Å². The van der Waals surface area contributed by atoms with Crippen molar-refractivity contribution >= 4 is 0 Å². The standard InChI is InChI=1S/C17H17N/c1-2-14-8-10-16(11-9-14)17(13-18)12-15-6-4-3-5-7-15/h3-11,17H,2,12H2,1H3. The van der Waals surface area contributed by atoms with Gasteiger partial charge in [-0.3, -0.25) is 0 Å². The zero-order valence-corrected chi connectivity index (χ0v) is 10.6. The van der Waals surface area contributed by atoms with Crippen LogP contribution in [0.1, 0.15) is 29.5 Å². The molecule has 0 aliphatic rings. The molecule has 0 amide bonds. The zero-order valence-electron chi connectivity index (χ0n) is 10.6. The molecule has 1 heteroatoms. The van der Waals surface area contributed by atoms with E-state index in [2.05, 4.69) is 49.4 Å². The van der Waals surface area contributed by atoms with E-state index in [0.29, 0.717) is 0 Å². The number of hydrogen-bond donors (Lipinski definition) is 0. The highest BCUT2D eigenvalue weighted by Gasteiger charge is 2.11. The van der Waals surface area contributed by atoms with E-state index < -0.39 is 0 Å². The van der Waals surface area contributed by atoms with E-state index in [4.69, 9.17) is 0 Å². The summed E-state index contributed by atoms with van der Waals surface area (Å²) in [6.07, 6.45) is 1.82. The van der Waals surface area contributed by atoms with Crippen LogP contribution in [-0.2, 0) is 12.8 Å². The van der Waals surface area contributed by atoms with Crippen LogP contribution in [0.2, 0.25) is 0 Å². The zero-order chi connectivity index (χ0) is 12.8. The maximum absolute atomic E-state index is 9.32. The van der Waals surface area contributed by atoms with Gasteiger partial charge in [0.05, 0.1) is 12.0 Å². The van der Waals surface area contributed by atoms with E-state index in [1.165, 1.54) is 11.1 Å². The highest BCUT2D eigenvalue weighted by Crippen LogP contribution is 2.20. The van der Waals surface area contributed by atoms with Gasteiger partial charge in [0.15, 0.2) is 0 Å². The molecule has 2 rings (SSSR count). The van der Waals surface area contributed by atoms with Gasteiger partial charge < -0.3 is 0 Å². The van der Waals surface area contributed by atoms with Gasteiger partial charge in [0.25, 0.3) is 0 Å². The Bertz CT molecular complexity index is 520. The summed E-state index contributed by atoms with van der Waals surface area (Å²) in [7, 11) is 0. The minimum atomic E-state index is -0.0571. The highest BCUT2D eigenvalue weighted by molar-refractivity contribution is 5.31. The Labute approximate surface area is 109 Å². The predicted octanol–water partition coefficient (Wildman–Crippen LogP) is 4.10. The average molecular weight is 235 g/mol. The van der Waals surface area contributed by atoms with Crippen LogP contribution in [0.4, 0.5) is 0 Å². The van der Waals surface area contributed by atoms with Crippen LogP contribution >= 0.6 is 0 Å². The van der Waals surface area contributed by atoms with Gasteiger partial charge in [-0.05, 0) is 29.5 Å². The van der Waals surface area contributed by atoms with Gasteiger partial charge >= 0.3 is 0 Å². The number of rotatable bonds is 4. The van der Waals surface area contributed by atoms with Crippen molar-refractivity contribution in [2.75, 3.05) is 0 Å². The maximum Gasteiger partial charge on any atom is 0.0753 e. The van der Waals surface area contributed by atoms with Gasteiger partial charge in [-0.1, -0.05) is 61.5 Å². The van der Waals surface area contributed by atoms with Gasteiger partial charge in [-0.25, -0.2) is 0 Å². The van der Waals surface area contributed by atoms with Crippen LogP contribution in [-0.4, -0.2) is 0 Å². The van der Waals surface area contributed by atoms with Gasteiger partial charge in [0.1, 0.15) is 0 Å². The van der Waals surface area contributed by atoms with Crippen LogP contribution in [0.5, 0.6) is 0 Å². The van der Waals surface area contributed by atoms with Crippen LogP contribution in [0, 0.1) is 11.3 Å². The molecule has 1 nitrogen and oxygen atoms in total. The second kappa shape index (κ2) is 6.02. The lowest BCUT2D eigenvalue weighted by molar-refractivity contribution is 0.848. The molecule has 0 N–H and O–H groups in total.